The number of aromatic nitrogens is 4. The standard InChI is InChI=1S/C21H16N4O2/c1-13-16-17(14-8-4-2-5-9-14)18-19(26)22-12-23-20(18)27-21(16)25(24-13)15-10-6-3-7-11-15/h2-12,17H,1H3,(H,22,23,26). The van der Waals surface area contributed by atoms with Crippen LogP contribution in [0.3, 0.4) is 0 Å². The molecule has 1 N–H and O–H groups in total. The highest BCUT2D eigenvalue weighted by Gasteiger charge is 2.37. The first kappa shape index (κ1) is 15.6. The van der Waals surface area contributed by atoms with E-state index in [1.54, 1.807) is 4.68 Å². The number of benzene rings is 2. The van der Waals surface area contributed by atoms with Gasteiger partial charge in [0.15, 0.2) is 0 Å². The van der Waals surface area contributed by atoms with Gasteiger partial charge in [-0.1, -0.05) is 48.5 Å². The Morgan fingerprint density at radius 3 is 2.44 bits per heavy atom. The van der Waals surface area contributed by atoms with E-state index in [2.05, 4.69) is 9.97 Å². The molecule has 3 heterocycles. The quantitative estimate of drug-likeness (QED) is 0.525. The van der Waals surface area contributed by atoms with E-state index in [-0.39, 0.29) is 11.5 Å². The number of ether oxygens (including phenoxy) is 1. The lowest BCUT2D eigenvalue weighted by Crippen LogP contribution is -2.23. The van der Waals surface area contributed by atoms with Crippen LogP contribution in [0.5, 0.6) is 11.8 Å². The minimum Gasteiger partial charge on any atom is -0.420 e. The summed E-state index contributed by atoms with van der Waals surface area (Å²) in [4.78, 5) is 19.6. The van der Waals surface area contributed by atoms with Gasteiger partial charge in [0, 0.05) is 0 Å². The fraction of sp³-hybridized carbons (Fsp3) is 0.0952. The van der Waals surface area contributed by atoms with Crippen LogP contribution < -0.4 is 10.3 Å². The van der Waals surface area contributed by atoms with Crippen LogP contribution in [0.4, 0.5) is 0 Å². The molecule has 1 atom stereocenters. The molecule has 0 saturated carbocycles. The molecule has 0 radical (unpaired) electrons. The number of hydrogen-bond acceptors (Lipinski definition) is 4. The van der Waals surface area contributed by atoms with E-state index in [0.29, 0.717) is 17.3 Å². The van der Waals surface area contributed by atoms with Crippen LogP contribution in [-0.4, -0.2) is 19.7 Å². The second-order valence-electron chi connectivity index (χ2n) is 6.45. The van der Waals surface area contributed by atoms with Gasteiger partial charge in [0.25, 0.3) is 5.56 Å². The van der Waals surface area contributed by atoms with Gasteiger partial charge in [-0.3, -0.25) is 4.79 Å². The molecule has 6 heteroatoms. The number of rotatable bonds is 2. The number of aromatic amines is 1. The number of aryl methyl sites for hydroxylation is 1. The lowest BCUT2D eigenvalue weighted by atomic mass is 9.85. The largest absolute Gasteiger partial charge is 0.420 e. The number of nitrogens with zero attached hydrogens (tertiary/aromatic N) is 3. The molecule has 0 bridgehead atoms. The van der Waals surface area contributed by atoms with E-state index in [0.717, 1.165) is 22.5 Å². The Morgan fingerprint density at radius 1 is 1.00 bits per heavy atom. The second-order valence-corrected chi connectivity index (χ2v) is 6.45. The van der Waals surface area contributed by atoms with Crippen molar-refractivity contribution in [3.8, 4) is 17.4 Å². The first-order chi connectivity index (χ1) is 13.2. The van der Waals surface area contributed by atoms with Gasteiger partial charge in [0.1, 0.15) is 0 Å². The summed E-state index contributed by atoms with van der Waals surface area (Å²) in [7, 11) is 0. The first-order valence-corrected chi connectivity index (χ1v) is 8.69. The molecule has 1 aliphatic heterocycles. The van der Waals surface area contributed by atoms with E-state index in [1.165, 1.54) is 6.33 Å². The van der Waals surface area contributed by atoms with Crippen molar-refractivity contribution >= 4 is 0 Å². The number of fused-ring (bicyclic) bond motifs is 2. The molecule has 0 saturated heterocycles. The highest BCUT2D eigenvalue weighted by atomic mass is 16.5. The van der Waals surface area contributed by atoms with E-state index in [1.807, 2.05) is 67.6 Å². The van der Waals surface area contributed by atoms with E-state index in [4.69, 9.17) is 9.84 Å². The minimum absolute atomic E-state index is 0.202. The summed E-state index contributed by atoms with van der Waals surface area (Å²) in [6.45, 7) is 1.94. The molecule has 132 valence electrons. The van der Waals surface area contributed by atoms with Crippen LogP contribution in [0.25, 0.3) is 5.69 Å². The van der Waals surface area contributed by atoms with Crippen molar-refractivity contribution in [1.82, 2.24) is 19.7 Å². The summed E-state index contributed by atoms with van der Waals surface area (Å²) in [5.41, 5.74) is 3.89. The first-order valence-electron chi connectivity index (χ1n) is 8.69. The van der Waals surface area contributed by atoms with Gasteiger partial charge < -0.3 is 9.72 Å². The van der Waals surface area contributed by atoms with Crippen molar-refractivity contribution in [3.05, 3.63) is 99.7 Å². The summed E-state index contributed by atoms with van der Waals surface area (Å²) in [5.74, 6) is 0.621. The van der Waals surface area contributed by atoms with Crippen LogP contribution in [0.1, 0.15) is 28.3 Å². The molecule has 6 nitrogen and oxygen atoms in total. The lowest BCUT2D eigenvalue weighted by molar-refractivity contribution is 0.400. The molecule has 27 heavy (non-hydrogen) atoms. The van der Waals surface area contributed by atoms with Crippen LogP contribution in [-0.2, 0) is 0 Å². The Balaban J connectivity index is 1.81. The third kappa shape index (κ3) is 2.38. The van der Waals surface area contributed by atoms with E-state index >= 15 is 0 Å². The Morgan fingerprint density at radius 2 is 1.70 bits per heavy atom. The Hall–Kier alpha value is -3.67. The highest BCUT2D eigenvalue weighted by molar-refractivity contribution is 5.57. The molecule has 2 aromatic heterocycles. The maximum atomic E-state index is 12.6. The third-order valence-electron chi connectivity index (χ3n) is 4.82. The maximum Gasteiger partial charge on any atom is 0.258 e. The predicted molar refractivity (Wildman–Crippen MR) is 101 cm³/mol. The van der Waals surface area contributed by atoms with Gasteiger partial charge in [-0.25, -0.2) is 9.67 Å². The monoisotopic (exact) mass is 356 g/mol. The van der Waals surface area contributed by atoms with Gasteiger partial charge >= 0.3 is 0 Å². The zero-order valence-corrected chi connectivity index (χ0v) is 14.6. The molecule has 2 aromatic carbocycles. The fourth-order valence-electron chi connectivity index (χ4n) is 3.64. The van der Waals surface area contributed by atoms with Gasteiger partial charge in [0.05, 0.1) is 34.8 Å². The van der Waals surface area contributed by atoms with Gasteiger partial charge in [-0.15, -0.1) is 0 Å². The highest BCUT2D eigenvalue weighted by Crippen LogP contribution is 2.46. The summed E-state index contributed by atoms with van der Waals surface area (Å²) >= 11 is 0. The second kappa shape index (κ2) is 5.95. The molecule has 4 aromatic rings. The fourth-order valence-corrected chi connectivity index (χ4v) is 3.64. The third-order valence-corrected chi connectivity index (χ3v) is 4.82. The van der Waals surface area contributed by atoms with Crippen LogP contribution in [0.2, 0.25) is 0 Å². The molecule has 5 rings (SSSR count). The molecule has 0 aliphatic carbocycles. The number of nitrogens with one attached hydrogen (secondary N) is 1. The van der Waals surface area contributed by atoms with Crippen molar-refractivity contribution < 1.29 is 4.74 Å². The molecule has 1 aliphatic rings. The Labute approximate surface area is 155 Å². The SMILES string of the molecule is Cc1nn(-c2ccccc2)c2c1C(c1ccccc1)c1c(nc[nH]c1=O)O2. The summed E-state index contributed by atoms with van der Waals surface area (Å²) in [6.07, 6.45) is 1.37. The molecular formula is C21H16N4O2. The van der Waals surface area contributed by atoms with Gasteiger partial charge in [-0.2, -0.15) is 5.10 Å². The molecular weight excluding hydrogens is 340 g/mol. The van der Waals surface area contributed by atoms with Crippen molar-refractivity contribution in [2.45, 2.75) is 12.8 Å². The van der Waals surface area contributed by atoms with Crippen molar-refractivity contribution in [2.24, 2.45) is 0 Å². The molecule has 0 spiro atoms. The summed E-state index contributed by atoms with van der Waals surface area (Å²) in [6, 6.07) is 19.7. The summed E-state index contributed by atoms with van der Waals surface area (Å²) < 4.78 is 7.86. The van der Waals surface area contributed by atoms with Crippen molar-refractivity contribution in [3.63, 3.8) is 0 Å². The van der Waals surface area contributed by atoms with Crippen molar-refractivity contribution in [2.75, 3.05) is 0 Å². The van der Waals surface area contributed by atoms with Gasteiger partial charge in [-0.05, 0) is 24.6 Å². The number of hydrogen-bond donors (Lipinski definition) is 1. The van der Waals surface area contributed by atoms with E-state index < -0.39 is 0 Å². The average molecular weight is 356 g/mol. The maximum absolute atomic E-state index is 12.6. The normalized spacial score (nSPS) is 14.9. The van der Waals surface area contributed by atoms with Gasteiger partial charge in [0.2, 0.25) is 11.8 Å². The zero-order chi connectivity index (χ0) is 18.4. The summed E-state index contributed by atoms with van der Waals surface area (Å²) in [5, 5.41) is 4.70. The van der Waals surface area contributed by atoms with Crippen LogP contribution in [0, 0.1) is 6.92 Å². The average Bonchev–Trinajstić information content (AvgIpc) is 3.04. The van der Waals surface area contributed by atoms with Crippen LogP contribution >= 0.6 is 0 Å². The topological polar surface area (TPSA) is 72.8 Å². The molecule has 1 unspecified atom stereocenters. The number of H-pyrrole nitrogens is 1. The number of para-hydroxylation sites is 1. The van der Waals surface area contributed by atoms with E-state index in [9.17, 15) is 4.79 Å². The predicted octanol–water partition coefficient (Wildman–Crippen LogP) is 3.55. The Bertz CT molecular complexity index is 1180. The minimum atomic E-state index is -0.292. The molecule has 0 amide bonds. The zero-order valence-electron chi connectivity index (χ0n) is 14.6. The van der Waals surface area contributed by atoms with Crippen LogP contribution in [0.15, 0.2) is 71.8 Å². The van der Waals surface area contributed by atoms with Crippen molar-refractivity contribution in [1.29, 1.82) is 0 Å². The lowest BCUT2D eigenvalue weighted by Gasteiger charge is -2.25. The smallest absolute Gasteiger partial charge is 0.258 e. The molecule has 0 fully saturated rings. The Kier molecular flexibility index (Phi) is 3.43.